The first-order valence-corrected chi connectivity index (χ1v) is 14.6. The number of unbranched alkanes of at least 4 members (excludes halogenated alkanes) is 1. The van der Waals surface area contributed by atoms with E-state index in [0.29, 0.717) is 50.6 Å². The Morgan fingerprint density at radius 3 is 2.41 bits per heavy atom. The van der Waals surface area contributed by atoms with Gasteiger partial charge in [0.1, 0.15) is 0 Å². The summed E-state index contributed by atoms with van der Waals surface area (Å²) in [6.07, 6.45) is 8.60. The fourth-order valence-corrected chi connectivity index (χ4v) is 9.15. The zero-order valence-corrected chi connectivity index (χ0v) is 19.7. The lowest BCUT2D eigenvalue weighted by Gasteiger charge is -2.50. The molecule has 29 heavy (non-hydrogen) atoms. The Kier molecular flexibility index (Phi) is 8.60. The second-order valence-corrected chi connectivity index (χ2v) is 13.1. The standard InChI is InChI=1S/C23H42O5Si/c1-4-27-29(3,28-5-2)11-7-6-8-23(25)26-16-17-12-21-18-9-10-20(22(21)13-17)19(14-18)15-24/h17-22,24H,4-16H2,1-3H3. The molecule has 4 aliphatic rings. The topological polar surface area (TPSA) is 65.0 Å². The summed E-state index contributed by atoms with van der Waals surface area (Å²) >= 11 is 0. The maximum atomic E-state index is 12.2. The van der Waals surface area contributed by atoms with Gasteiger partial charge in [0.15, 0.2) is 0 Å². The van der Waals surface area contributed by atoms with Gasteiger partial charge in [0.25, 0.3) is 0 Å². The van der Waals surface area contributed by atoms with Gasteiger partial charge in [-0.15, -0.1) is 0 Å². The summed E-state index contributed by atoms with van der Waals surface area (Å²) in [6.45, 7) is 8.47. The molecule has 0 saturated heterocycles. The van der Waals surface area contributed by atoms with Crippen LogP contribution < -0.4 is 0 Å². The van der Waals surface area contributed by atoms with Gasteiger partial charge in [-0.1, -0.05) is 6.42 Å². The van der Waals surface area contributed by atoms with Gasteiger partial charge >= 0.3 is 14.5 Å². The number of rotatable bonds is 12. The summed E-state index contributed by atoms with van der Waals surface area (Å²) in [4.78, 5) is 12.2. The first-order chi connectivity index (χ1) is 14.0. The van der Waals surface area contributed by atoms with Crippen molar-refractivity contribution in [3.05, 3.63) is 0 Å². The first kappa shape index (κ1) is 23.2. The van der Waals surface area contributed by atoms with E-state index in [1.807, 2.05) is 13.8 Å². The molecule has 0 aromatic heterocycles. The molecule has 4 saturated carbocycles. The first-order valence-electron chi connectivity index (χ1n) is 12.0. The Bertz CT molecular complexity index is 521. The third-order valence-corrected chi connectivity index (χ3v) is 10.9. The minimum Gasteiger partial charge on any atom is -0.465 e. The maximum Gasteiger partial charge on any atom is 0.334 e. The molecule has 2 bridgehead atoms. The lowest BCUT2D eigenvalue weighted by Crippen LogP contribution is -2.43. The van der Waals surface area contributed by atoms with Crippen molar-refractivity contribution >= 4 is 14.5 Å². The number of aliphatic hydroxyl groups is 1. The average molecular weight is 427 g/mol. The lowest BCUT2D eigenvalue weighted by atomic mass is 9.56. The van der Waals surface area contributed by atoms with E-state index in [2.05, 4.69) is 6.55 Å². The minimum atomic E-state index is -2.07. The molecule has 0 amide bonds. The molecule has 0 aliphatic heterocycles. The number of carbonyl (C=O) groups excluding carboxylic acids is 1. The average Bonchev–Trinajstić information content (AvgIpc) is 3.16. The number of ether oxygens (including phenoxy) is 1. The third-order valence-electron chi connectivity index (χ3n) is 7.87. The molecule has 0 heterocycles. The Balaban J connectivity index is 1.33. The van der Waals surface area contributed by atoms with E-state index >= 15 is 0 Å². The quantitative estimate of drug-likeness (QED) is 0.282. The zero-order chi connectivity index (χ0) is 20.9. The molecule has 4 fully saturated rings. The molecule has 1 N–H and O–H groups in total. The number of hydrogen-bond acceptors (Lipinski definition) is 5. The largest absolute Gasteiger partial charge is 0.465 e. The van der Waals surface area contributed by atoms with Crippen LogP contribution in [0.1, 0.15) is 65.2 Å². The van der Waals surface area contributed by atoms with Crippen LogP contribution in [0.15, 0.2) is 0 Å². The summed E-state index contributed by atoms with van der Waals surface area (Å²) in [5, 5.41) is 9.71. The molecular weight excluding hydrogens is 384 g/mol. The summed E-state index contributed by atoms with van der Waals surface area (Å²) in [5.41, 5.74) is 0. The van der Waals surface area contributed by atoms with Crippen molar-refractivity contribution in [3.8, 4) is 0 Å². The van der Waals surface area contributed by atoms with Crippen molar-refractivity contribution in [2.75, 3.05) is 26.4 Å². The highest BCUT2D eigenvalue weighted by Crippen LogP contribution is 2.58. The van der Waals surface area contributed by atoms with Crippen LogP contribution in [0.2, 0.25) is 12.6 Å². The highest BCUT2D eigenvalue weighted by atomic mass is 28.4. The molecular formula is C23H42O5Si. The molecule has 0 spiro atoms. The van der Waals surface area contributed by atoms with E-state index in [-0.39, 0.29) is 5.97 Å². The van der Waals surface area contributed by atoms with Gasteiger partial charge in [-0.05, 0) is 100 Å². The smallest absolute Gasteiger partial charge is 0.334 e. The van der Waals surface area contributed by atoms with Gasteiger partial charge in [-0.3, -0.25) is 4.79 Å². The van der Waals surface area contributed by atoms with E-state index in [1.54, 1.807) is 0 Å². The summed E-state index contributed by atoms with van der Waals surface area (Å²) in [7, 11) is -2.07. The van der Waals surface area contributed by atoms with Crippen LogP contribution >= 0.6 is 0 Å². The monoisotopic (exact) mass is 426 g/mol. The SMILES string of the molecule is CCO[Si](C)(CCCCC(=O)OCC1CC2C3CCC(C(CO)C3)C2C1)OCC. The molecule has 6 atom stereocenters. The lowest BCUT2D eigenvalue weighted by molar-refractivity contribution is -0.145. The fourth-order valence-electron chi connectivity index (χ4n) is 6.67. The molecule has 0 radical (unpaired) electrons. The van der Waals surface area contributed by atoms with Crippen LogP contribution in [0.4, 0.5) is 0 Å². The van der Waals surface area contributed by atoms with Gasteiger partial charge in [-0.25, -0.2) is 0 Å². The molecule has 4 rings (SSSR count). The van der Waals surface area contributed by atoms with Crippen molar-refractivity contribution in [1.29, 1.82) is 0 Å². The summed E-state index contributed by atoms with van der Waals surface area (Å²) in [5.74, 6) is 4.11. The number of carbonyl (C=O) groups is 1. The Hall–Kier alpha value is -0.433. The van der Waals surface area contributed by atoms with Crippen LogP contribution in [0.5, 0.6) is 0 Å². The van der Waals surface area contributed by atoms with Gasteiger partial charge in [0.05, 0.1) is 6.61 Å². The van der Waals surface area contributed by atoms with Crippen molar-refractivity contribution < 1.29 is 23.5 Å². The summed E-state index contributed by atoms with van der Waals surface area (Å²) in [6, 6.07) is 0.933. The Morgan fingerprint density at radius 1 is 1.00 bits per heavy atom. The molecule has 168 valence electrons. The number of aliphatic hydroxyl groups excluding tert-OH is 1. The van der Waals surface area contributed by atoms with E-state index in [0.717, 1.165) is 36.6 Å². The van der Waals surface area contributed by atoms with Crippen LogP contribution in [0.25, 0.3) is 0 Å². The van der Waals surface area contributed by atoms with E-state index in [9.17, 15) is 9.90 Å². The van der Waals surface area contributed by atoms with Gasteiger partial charge in [0, 0.05) is 26.2 Å². The molecule has 6 heteroatoms. The van der Waals surface area contributed by atoms with Crippen LogP contribution in [-0.2, 0) is 18.4 Å². The zero-order valence-electron chi connectivity index (χ0n) is 18.7. The van der Waals surface area contributed by atoms with Crippen molar-refractivity contribution in [2.24, 2.45) is 35.5 Å². The van der Waals surface area contributed by atoms with E-state index < -0.39 is 8.56 Å². The van der Waals surface area contributed by atoms with Gasteiger partial charge < -0.3 is 18.7 Å². The van der Waals surface area contributed by atoms with E-state index in [4.69, 9.17) is 13.6 Å². The number of fused-ring (bicyclic) bond motifs is 2. The van der Waals surface area contributed by atoms with Crippen molar-refractivity contribution in [2.45, 2.75) is 77.8 Å². The van der Waals surface area contributed by atoms with Crippen LogP contribution in [0.3, 0.4) is 0 Å². The Morgan fingerprint density at radius 2 is 1.72 bits per heavy atom. The molecule has 0 aromatic carbocycles. The molecule has 6 unspecified atom stereocenters. The predicted octanol–water partition coefficient (Wildman–Crippen LogP) is 4.53. The molecule has 4 aliphatic carbocycles. The van der Waals surface area contributed by atoms with Crippen molar-refractivity contribution in [1.82, 2.24) is 0 Å². The fraction of sp³-hybridized carbons (Fsp3) is 0.957. The van der Waals surface area contributed by atoms with E-state index in [1.165, 1.54) is 32.1 Å². The second-order valence-electron chi connectivity index (χ2n) is 9.73. The number of esters is 1. The van der Waals surface area contributed by atoms with Gasteiger partial charge in [0.2, 0.25) is 0 Å². The highest BCUT2D eigenvalue weighted by Gasteiger charge is 2.52. The maximum absolute atomic E-state index is 12.2. The normalized spacial score (nSPS) is 33.7. The highest BCUT2D eigenvalue weighted by molar-refractivity contribution is 6.66. The summed E-state index contributed by atoms with van der Waals surface area (Å²) < 4.78 is 17.4. The van der Waals surface area contributed by atoms with Crippen LogP contribution in [-0.4, -0.2) is 46.1 Å². The molecule has 5 nitrogen and oxygen atoms in total. The minimum absolute atomic E-state index is 0.0488. The van der Waals surface area contributed by atoms with Crippen LogP contribution in [0, 0.1) is 35.5 Å². The number of hydrogen-bond donors (Lipinski definition) is 1. The second kappa shape index (κ2) is 10.7. The Labute approximate surface area is 178 Å². The van der Waals surface area contributed by atoms with Gasteiger partial charge in [-0.2, -0.15) is 0 Å². The molecule has 0 aromatic rings. The third kappa shape index (κ3) is 5.84. The predicted molar refractivity (Wildman–Crippen MR) is 116 cm³/mol. The van der Waals surface area contributed by atoms with Crippen molar-refractivity contribution in [3.63, 3.8) is 0 Å².